The van der Waals surface area contributed by atoms with E-state index in [4.69, 9.17) is 9.47 Å². The molecule has 8 nitrogen and oxygen atoms in total. The van der Waals surface area contributed by atoms with Crippen molar-refractivity contribution in [1.82, 2.24) is 10.2 Å². The molecule has 0 aromatic heterocycles. The van der Waals surface area contributed by atoms with E-state index in [9.17, 15) is 23.6 Å². The van der Waals surface area contributed by atoms with E-state index in [1.54, 1.807) is 12.1 Å². The lowest BCUT2D eigenvalue weighted by Crippen LogP contribution is -2.30. The molecule has 0 saturated carbocycles. The highest BCUT2D eigenvalue weighted by Gasteiger charge is 2.28. The fraction of sp³-hybridized carbons (Fsp3) is 0.200. The molecule has 1 saturated heterocycles. The number of ketones is 1. The van der Waals surface area contributed by atoms with Gasteiger partial charge >= 0.3 is 12.0 Å². The van der Waals surface area contributed by atoms with Gasteiger partial charge in [-0.3, -0.25) is 14.5 Å². The summed E-state index contributed by atoms with van der Waals surface area (Å²) in [6, 6.07) is 9.33. The van der Waals surface area contributed by atoms with Crippen LogP contribution in [-0.4, -0.2) is 48.9 Å². The molecular formula is C20H17FN2O6. The molecule has 1 aliphatic rings. The van der Waals surface area contributed by atoms with Crippen molar-refractivity contribution >= 4 is 23.7 Å². The monoisotopic (exact) mass is 400 g/mol. The number of carbonyl (C=O) groups is 4. The lowest BCUT2D eigenvalue weighted by Gasteiger charge is -2.12. The highest BCUT2D eigenvalue weighted by molar-refractivity contribution is 6.02. The average molecular weight is 400 g/mol. The minimum absolute atomic E-state index is 0.00625. The fourth-order valence-electron chi connectivity index (χ4n) is 2.68. The molecule has 9 heteroatoms. The number of esters is 1. The maximum Gasteiger partial charge on any atom is 0.338 e. The minimum Gasteiger partial charge on any atom is -0.494 e. The van der Waals surface area contributed by atoms with E-state index in [-0.39, 0.29) is 35.9 Å². The summed E-state index contributed by atoms with van der Waals surface area (Å²) in [6.45, 7) is -0.494. The SMILES string of the molecule is COc1ccc(C(=O)COC(=O)c2ccc(CN3C(=O)CNC3=O)cc2)cc1F. The van der Waals surface area contributed by atoms with Crippen LogP contribution in [0, 0.1) is 5.82 Å². The van der Waals surface area contributed by atoms with Crippen LogP contribution in [0.25, 0.3) is 0 Å². The van der Waals surface area contributed by atoms with Gasteiger partial charge in [0, 0.05) is 5.56 Å². The Morgan fingerprint density at radius 1 is 1.10 bits per heavy atom. The highest BCUT2D eigenvalue weighted by atomic mass is 19.1. The Morgan fingerprint density at radius 2 is 1.79 bits per heavy atom. The van der Waals surface area contributed by atoms with Crippen molar-refractivity contribution in [2.24, 2.45) is 0 Å². The first-order valence-electron chi connectivity index (χ1n) is 8.60. The summed E-state index contributed by atoms with van der Waals surface area (Å²) < 4.78 is 23.4. The number of urea groups is 1. The van der Waals surface area contributed by atoms with E-state index < -0.39 is 30.2 Å². The average Bonchev–Trinajstić information content (AvgIpc) is 3.04. The van der Waals surface area contributed by atoms with Gasteiger partial charge in [-0.1, -0.05) is 12.1 Å². The lowest BCUT2D eigenvalue weighted by molar-refractivity contribution is -0.125. The van der Waals surface area contributed by atoms with E-state index in [1.807, 2.05) is 0 Å². The van der Waals surface area contributed by atoms with Gasteiger partial charge in [-0.05, 0) is 35.9 Å². The number of nitrogens with zero attached hydrogens (tertiary/aromatic N) is 1. The highest BCUT2D eigenvalue weighted by Crippen LogP contribution is 2.18. The summed E-state index contributed by atoms with van der Waals surface area (Å²) >= 11 is 0. The second-order valence-corrected chi connectivity index (χ2v) is 6.18. The predicted octanol–water partition coefficient (Wildman–Crippen LogP) is 1.93. The molecule has 150 valence electrons. The van der Waals surface area contributed by atoms with E-state index in [2.05, 4.69) is 5.32 Å². The summed E-state index contributed by atoms with van der Waals surface area (Å²) in [6.07, 6.45) is 0. The van der Waals surface area contributed by atoms with Crippen molar-refractivity contribution in [1.29, 1.82) is 0 Å². The van der Waals surface area contributed by atoms with E-state index >= 15 is 0 Å². The van der Waals surface area contributed by atoms with Crippen molar-refractivity contribution < 1.29 is 33.0 Å². The molecule has 1 fully saturated rings. The molecule has 1 N–H and O–H groups in total. The summed E-state index contributed by atoms with van der Waals surface area (Å²) in [4.78, 5) is 48.4. The Bertz CT molecular complexity index is 957. The van der Waals surface area contributed by atoms with Gasteiger partial charge in [-0.25, -0.2) is 14.0 Å². The molecule has 1 heterocycles. The summed E-state index contributed by atoms with van der Waals surface area (Å²) in [5, 5.41) is 2.42. The van der Waals surface area contributed by atoms with Crippen LogP contribution in [-0.2, 0) is 16.1 Å². The molecule has 2 aromatic rings. The van der Waals surface area contributed by atoms with Crippen LogP contribution in [0.1, 0.15) is 26.3 Å². The van der Waals surface area contributed by atoms with Gasteiger partial charge in [-0.2, -0.15) is 0 Å². The smallest absolute Gasteiger partial charge is 0.338 e. The first-order valence-corrected chi connectivity index (χ1v) is 8.60. The first-order chi connectivity index (χ1) is 13.9. The van der Waals surface area contributed by atoms with E-state index in [0.717, 1.165) is 11.0 Å². The molecule has 3 amide bonds. The molecule has 0 bridgehead atoms. The number of rotatable bonds is 7. The van der Waals surface area contributed by atoms with Crippen LogP contribution >= 0.6 is 0 Å². The van der Waals surface area contributed by atoms with Crippen LogP contribution in [0.4, 0.5) is 9.18 Å². The Balaban J connectivity index is 1.56. The van der Waals surface area contributed by atoms with Gasteiger partial charge in [0.2, 0.25) is 5.91 Å². The second kappa shape index (κ2) is 8.51. The van der Waals surface area contributed by atoms with Crippen LogP contribution in [0.3, 0.4) is 0 Å². The van der Waals surface area contributed by atoms with Crippen molar-refractivity contribution in [3.8, 4) is 5.75 Å². The Hall–Kier alpha value is -3.75. The van der Waals surface area contributed by atoms with Crippen molar-refractivity contribution in [3.05, 3.63) is 65.0 Å². The number of hydrogen-bond donors (Lipinski definition) is 1. The number of Topliss-reactive ketones (excluding diaryl/α,β-unsaturated/α-hetero) is 1. The van der Waals surface area contributed by atoms with E-state index in [1.165, 1.54) is 31.4 Å². The molecule has 1 aliphatic heterocycles. The lowest BCUT2D eigenvalue weighted by atomic mass is 10.1. The number of benzene rings is 2. The third-order valence-electron chi connectivity index (χ3n) is 4.28. The molecule has 0 spiro atoms. The summed E-state index contributed by atoms with van der Waals surface area (Å²) in [7, 11) is 1.31. The normalized spacial score (nSPS) is 13.2. The molecule has 3 rings (SSSR count). The summed E-state index contributed by atoms with van der Waals surface area (Å²) in [5.74, 6) is -2.30. The molecule has 0 atom stereocenters. The van der Waals surface area contributed by atoms with Crippen molar-refractivity contribution in [3.63, 3.8) is 0 Å². The zero-order valence-electron chi connectivity index (χ0n) is 15.4. The van der Waals surface area contributed by atoms with Gasteiger partial charge in [0.1, 0.15) is 0 Å². The zero-order chi connectivity index (χ0) is 21.0. The van der Waals surface area contributed by atoms with Crippen LogP contribution in [0.15, 0.2) is 42.5 Å². The van der Waals surface area contributed by atoms with Gasteiger partial charge in [-0.15, -0.1) is 0 Å². The van der Waals surface area contributed by atoms with Crippen LogP contribution in [0.2, 0.25) is 0 Å². The predicted molar refractivity (Wildman–Crippen MR) is 98.0 cm³/mol. The number of halogens is 1. The third kappa shape index (κ3) is 4.57. The number of amides is 3. The number of carbonyl (C=O) groups excluding carboxylic acids is 4. The summed E-state index contributed by atoms with van der Waals surface area (Å²) in [5.41, 5.74) is 0.899. The minimum atomic E-state index is -0.728. The first kappa shape index (κ1) is 20.0. The Labute approximate surface area is 165 Å². The number of hydrogen-bond acceptors (Lipinski definition) is 6. The number of nitrogens with one attached hydrogen (secondary N) is 1. The largest absolute Gasteiger partial charge is 0.494 e. The number of imide groups is 1. The Morgan fingerprint density at radius 3 is 2.38 bits per heavy atom. The standard InChI is InChI=1S/C20H17FN2O6/c1-28-17-7-6-14(8-15(17)21)16(24)11-29-19(26)13-4-2-12(3-5-13)10-23-18(25)9-22-20(23)27/h2-8H,9-11H2,1H3,(H,22,27). The topological polar surface area (TPSA) is 102 Å². The molecule has 0 radical (unpaired) electrons. The Kier molecular flexibility index (Phi) is 5.87. The van der Waals surface area contributed by atoms with Crippen LogP contribution < -0.4 is 10.1 Å². The van der Waals surface area contributed by atoms with Crippen molar-refractivity contribution in [2.75, 3.05) is 20.3 Å². The molecular weight excluding hydrogens is 383 g/mol. The quantitative estimate of drug-likeness (QED) is 0.433. The maximum atomic E-state index is 13.7. The molecule has 29 heavy (non-hydrogen) atoms. The molecule has 0 unspecified atom stereocenters. The molecule has 0 aliphatic carbocycles. The van der Waals surface area contributed by atoms with E-state index in [0.29, 0.717) is 5.56 Å². The second-order valence-electron chi connectivity index (χ2n) is 6.18. The van der Waals surface area contributed by atoms with Gasteiger partial charge in [0.15, 0.2) is 24.0 Å². The zero-order valence-corrected chi connectivity index (χ0v) is 15.4. The molecule has 2 aromatic carbocycles. The maximum absolute atomic E-state index is 13.7. The van der Waals surface area contributed by atoms with Crippen molar-refractivity contribution in [2.45, 2.75) is 6.54 Å². The van der Waals surface area contributed by atoms with Gasteiger partial charge < -0.3 is 14.8 Å². The fourth-order valence-corrected chi connectivity index (χ4v) is 2.68. The third-order valence-corrected chi connectivity index (χ3v) is 4.28. The van der Waals surface area contributed by atoms with Gasteiger partial charge in [0.25, 0.3) is 0 Å². The van der Waals surface area contributed by atoms with Gasteiger partial charge in [0.05, 0.1) is 25.8 Å². The van der Waals surface area contributed by atoms with Crippen LogP contribution in [0.5, 0.6) is 5.75 Å². The number of methoxy groups -OCH3 is 1. The number of ether oxygens (including phenoxy) is 2.